The molecular formula is C16H15Cl2NO5S. The normalized spacial score (nSPS) is 10.6. The minimum Gasteiger partial charge on any atom is -0.462 e. The molecule has 2 aromatic heterocycles. The van der Waals surface area contributed by atoms with Crippen LogP contribution in [0.5, 0.6) is 0 Å². The van der Waals surface area contributed by atoms with Crippen LogP contribution in [0.4, 0.5) is 0 Å². The van der Waals surface area contributed by atoms with Gasteiger partial charge in [0, 0.05) is 5.69 Å². The van der Waals surface area contributed by atoms with Crippen molar-refractivity contribution in [2.45, 2.75) is 20.8 Å². The number of hydrogen-bond acceptors (Lipinski definition) is 6. The summed E-state index contributed by atoms with van der Waals surface area (Å²) >= 11 is 12.7. The van der Waals surface area contributed by atoms with E-state index >= 15 is 0 Å². The summed E-state index contributed by atoms with van der Waals surface area (Å²) in [6, 6.07) is 1.38. The lowest BCUT2D eigenvalue weighted by Crippen LogP contribution is -2.15. The minimum absolute atomic E-state index is 0.107. The van der Waals surface area contributed by atoms with E-state index in [1.54, 1.807) is 20.8 Å². The molecule has 25 heavy (non-hydrogen) atoms. The maximum absolute atomic E-state index is 12.3. The van der Waals surface area contributed by atoms with Gasteiger partial charge in [-0.1, -0.05) is 23.2 Å². The lowest BCUT2D eigenvalue weighted by Gasteiger charge is -2.04. The smallest absolute Gasteiger partial charge is 0.341 e. The maximum Gasteiger partial charge on any atom is 0.341 e. The molecule has 6 nitrogen and oxygen atoms in total. The minimum atomic E-state index is -0.743. The van der Waals surface area contributed by atoms with Crippen molar-refractivity contribution >= 4 is 52.3 Å². The van der Waals surface area contributed by atoms with Gasteiger partial charge in [-0.2, -0.15) is 0 Å². The molecule has 9 heteroatoms. The average molecular weight is 404 g/mol. The number of ether oxygens (including phenoxy) is 2. The van der Waals surface area contributed by atoms with E-state index in [0.717, 1.165) is 11.3 Å². The molecule has 0 radical (unpaired) electrons. The van der Waals surface area contributed by atoms with E-state index in [0.29, 0.717) is 21.2 Å². The summed E-state index contributed by atoms with van der Waals surface area (Å²) < 4.78 is 10.5. The number of carbonyl (C=O) groups excluding carboxylic acids is 3. The summed E-state index contributed by atoms with van der Waals surface area (Å²) in [5, 5.41) is 0. The molecule has 0 spiro atoms. The molecular weight excluding hydrogens is 389 g/mol. The van der Waals surface area contributed by atoms with Crippen molar-refractivity contribution in [1.29, 1.82) is 0 Å². The second-order valence-corrected chi connectivity index (χ2v) is 7.37. The van der Waals surface area contributed by atoms with E-state index in [2.05, 4.69) is 4.98 Å². The van der Waals surface area contributed by atoms with E-state index in [-0.39, 0.29) is 22.2 Å². The monoisotopic (exact) mass is 403 g/mol. The Balaban J connectivity index is 2.11. The number of hydrogen-bond donors (Lipinski definition) is 1. The Morgan fingerprint density at radius 1 is 1.16 bits per heavy atom. The van der Waals surface area contributed by atoms with E-state index in [1.807, 2.05) is 0 Å². The molecule has 134 valence electrons. The highest BCUT2D eigenvalue weighted by Crippen LogP contribution is 2.31. The molecule has 0 saturated carbocycles. The standard InChI is InChI=1S/C16H15Cl2NO5S/c1-4-23-16(22)12-7(2)13(19-8(12)3)10(20)6-24-15(21)9-5-11(17)25-14(9)18/h5,19H,4,6H2,1-3H3. The Bertz CT molecular complexity index is 840. The molecule has 0 bridgehead atoms. The average Bonchev–Trinajstić information content (AvgIpc) is 3.03. The highest BCUT2D eigenvalue weighted by molar-refractivity contribution is 7.20. The van der Waals surface area contributed by atoms with Gasteiger partial charge in [-0.05, 0) is 32.4 Å². The quantitative estimate of drug-likeness (QED) is 0.576. The van der Waals surface area contributed by atoms with Gasteiger partial charge in [0.25, 0.3) is 0 Å². The van der Waals surface area contributed by atoms with Gasteiger partial charge in [0.05, 0.1) is 27.8 Å². The number of rotatable bonds is 6. The lowest BCUT2D eigenvalue weighted by molar-refractivity contribution is 0.0473. The van der Waals surface area contributed by atoms with Gasteiger partial charge < -0.3 is 14.5 Å². The van der Waals surface area contributed by atoms with Crippen molar-refractivity contribution in [3.05, 3.63) is 42.8 Å². The number of halogens is 2. The van der Waals surface area contributed by atoms with Gasteiger partial charge in [0.1, 0.15) is 4.34 Å². The van der Waals surface area contributed by atoms with E-state index in [1.165, 1.54) is 6.07 Å². The Morgan fingerprint density at radius 3 is 2.40 bits per heavy atom. The summed E-state index contributed by atoms with van der Waals surface area (Å²) in [5.74, 6) is -1.72. The Kier molecular flexibility index (Phi) is 6.26. The summed E-state index contributed by atoms with van der Waals surface area (Å²) in [5.41, 5.74) is 1.58. The molecule has 0 aromatic carbocycles. The van der Waals surface area contributed by atoms with Crippen LogP contribution in [0.1, 0.15) is 49.4 Å². The first kappa shape index (κ1) is 19.5. The second-order valence-electron chi connectivity index (χ2n) is 5.08. The van der Waals surface area contributed by atoms with Gasteiger partial charge in [-0.3, -0.25) is 4.79 Å². The number of nitrogens with one attached hydrogen (secondary N) is 1. The number of aromatic amines is 1. The molecule has 2 rings (SSSR count). The largest absolute Gasteiger partial charge is 0.462 e. The molecule has 0 saturated heterocycles. The van der Waals surface area contributed by atoms with Crippen LogP contribution >= 0.6 is 34.5 Å². The highest BCUT2D eigenvalue weighted by atomic mass is 35.5. The van der Waals surface area contributed by atoms with Gasteiger partial charge >= 0.3 is 11.9 Å². The Morgan fingerprint density at radius 2 is 1.84 bits per heavy atom. The van der Waals surface area contributed by atoms with Crippen molar-refractivity contribution in [1.82, 2.24) is 4.98 Å². The predicted octanol–water partition coefficient (Wildman–Crippen LogP) is 4.22. The molecule has 0 atom stereocenters. The van der Waals surface area contributed by atoms with Crippen molar-refractivity contribution < 1.29 is 23.9 Å². The number of aryl methyl sites for hydroxylation is 1. The van der Waals surface area contributed by atoms with Crippen LogP contribution in [0.2, 0.25) is 8.67 Å². The topological polar surface area (TPSA) is 85.5 Å². The first-order valence-electron chi connectivity index (χ1n) is 7.27. The molecule has 0 unspecified atom stereocenters. The van der Waals surface area contributed by atoms with Crippen LogP contribution in [-0.4, -0.2) is 35.9 Å². The Hall–Kier alpha value is -1.83. The molecule has 0 aliphatic heterocycles. The number of Topliss-reactive ketones (excluding diaryl/α,β-unsaturated/α-hetero) is 1. The molecule has 0 aliphatic rings. The molecule has 0 amide bonds. The lowest BCUT2D eigenvalue weighted by atomic mass is 10.1. The zero-order valence-corrected chi connectivity index (χ0v) is 16.0. The summed E-state index contributed by atoms with van der Waals surface area (Å²) in [7, 11) is 0. The molecule has 2 heterocycles. The van der Waals surface area contributed by atoms with Crippen LogP contribution in [0.25, 0.3) is 0 Å². The number of aromatic nitrogens is 1. The fraction of sp³-hybridized carbons (Fsp3) is 0.312. The highest BCUT2D eigenvalue weighted by Gasteiger charge is 2.24. The fourth-order valence-electron chi connectivity index (χ4n) is 2.30. The summed E-state index contributed by atoms with van der Waals surface area (Å²) in [6.07, 6.45) is 0. The van der Waals surface area contributed by atoms with Crippen LogP contribution in [0.3, 0.4) is 0 Å². The number of thiophene rings is 1. The number of esters is 2. The van der Waals surface area contributed by atoms with E-state index in [9.17, 15) is 14.4 Å². The summed E-state index contributed by atoms with van der Waals surface area (Å²) in [6.45, 7) is 4.72. The van der Waals surface area contributed by atoms with Crippen LogP contribution in [0.15, 0.2) is 6.07 Å². The van der Waals surface area contributed by atoms with Gasteiger partial charge in [0.15, 0.2) is 6.61 Å². The fourth-order valence-corrected chi connectivity index (χ4v) is 3.74. The second kappa shape index (κ2) is 8.03. The number of ketones is 1. The van der Waals surface area contributed by atoms with Crippen molar-refractivity contribution in [3.8, 4) is 0 Å². The molecule has 2 aromatic rings. The van der Waals surface area contributed by atoms with Gasteiger partial charge in [0.2, 0.25) is 5.78 Å². The van der Waals surface area contributed by atoms with Crippen LogP contribution in [-0.2, 0) is 9.47 Å². The first-order chi connectivity index (χ1) is 11.8. The molecule has 0 aliphatic carbocycles. The zero-order valence-electron chi connectivity index (χ0n) is 13.7. The van der Waals surface area contributed by atoms with Gasteiger partial charge in [-0.25, -0.2) is 9.59 Å². The maximum atomic E-state index is 12.3. The van der Waals surface area contributed by atoms with Gasteiger partial charge in [-0.15, -0.1) is 11.3 Å². The third kappa shape index (κ3) is 4.23. The van der Waals surface area contributed by atoms with E-state index in [4.69, 9.17) is 32.7 Å². The third-order valence-corrected chi connectivity index (χ3v) is 4.89. The first-order valence-corrected chi connectivity index (χ1v) is 8.84. The zero-order chi connectivity index (χ0) is 18.7. The van der Waals surface area contributed by atoms with Crippen LogP contribution in [0, 0.1) is 13.8 Å². The molecule has 1 N–H and O–H groups in total. The van der Waals surface area contributed by atoms with Crippen molar-refractivity contribution in [3.63, 3.8) is 0 Å². The van der Waals surface area contributed by atoms with Crippen molar-refractivity contribution in [2.24, 2.45) is 0 Å². The number of H-pyrrole nitrogens is 1. The SMILES string of the molecule is CCOC(=O)c1c(C)[nH]c(C(=O)COC(=O)c2cc(Cl)sc2Cl)c1C. The molecule has 0 fully saturated rings. The number of carbonyl (C=O) groups is 3. The van der Waals surface area contributed by atoms with E-state index < -0.39 is 24.3 Å². The van der Waals surface area contributed by atoms with Crippen molar-refractivity contribution in [2.75, 3.05) is 13.2 Å². The third-order valence-electron chi connectivity index (χ3n) is 3.41. The predicted molar refractivity (Wildman–Crippen MR) is 95.2 cm³/mol. The Labute approximate surface area is 158 Å². The summed E-state index contributed by atoms with van der Waals surface area (Å²) in [4.78, 5) is 39.1. The van der Waals surface area contributed by atoms with Crippen LogP contribution < -0.4 is 0 Å².